The first-order chi connectivity index (χ1) is 16.7. The van der Waals surface area contributed by atoms with Crippen molar-refractivity contribution in [2.45, 2.75) is 70.1 Å². The summed E-state index contributed by atoms with van der Waals surface area (Å²) in [5, 5.41) is 23.1. The van der Waals surface area contributed by atoms with Gasteiger partial charge in [-0.05, 0) is 43.5 Å². The summed E-state index contributed by atoms with van der Waals surface area (Å²) in [5.74, 6) is -0.278. The lowest BCUT2D eigenvalue weighted by Crippen LogP contribution is -2.45. The Hall–Kier alpha value is -2.33. The number of aliphatic hydroxyl groups is 2. The average Bonchev–Trinajstić information content (AvgIpc) is 2.85. The number of carbonyl (C=O) groups excluding carboxylic acids is 2. The molecular weight excluding hydrogens is 453 g/mol. The molecule has 0 aliphatic carbocycles. The maximum Gasteiger partial charge on any atom is 0.221 e. The van der Waals surface area contributed by atoms with Crippen LogP contribution in [0.3, 0.4) is 0 Å². The van der Waals surface area contributed by atoms with Crippen LogP contribution in [-0.4, -0.2) is 89.7 Å². The predicted octanol–water partition coefficient (Wildman–Crippen LogP) is 2.02. The number of benzene rings is 1. The van der Waals surface area contributed by atoms with E-state index in [1.165, 1.54) is 0 Å². The van der Waals surface area contributed by atoms with Gasteiger partial charge in [0.15, 0.2) is 6.29 Å². The summed E-state index contributed by atoms with van der Waals surface area (Å²) in [6.07, 6.45) is 2.16. The number of ether oxygens (including phenoxy) is 1. The molecule has 0 unspecified atom stereocenters. The number of carbonyl (C=O) groups is 2. The van der Waals surface area contributed by atoms with E-state index in [-0.39, 0.29) is 30.4 Å². The first-order valence-corrected chi connectivity index (χ1v) is 12.3. The third-order valence-corrected chi connectivity index (χ3v) is 6.95. The summed E-state index contributed by atoms with van der Waals surface area (Å²) < 4.78 is 19.1. The lowest BCUT2D eigenvalue weighted by Gasteiger charge is -2.36. The number of rotatable bonds is 9. The second kappa shape index (κ2) is 12.6. The molecule has 0 spiro atoms. The van der Waals surface area contributed by atoms with Crippen LogP contribution < -0.4 is 5.32 Å². The molecule has 0 aromatic heterocycles. The van der Waals surface area contributed by atoms with Crippen molar-refractivity contribution in [3.63, 3.8) is 0 Å². The molecule has 0 saturated carbocycles. The zero-order valence-electron chi connectivity index (χ0n) is 20.8. The van der Waals surface area contributed by atoms with E-state index in [9.17, 15) is 24.2 Å². The SMILES string of the molecule is CC(=O)N1CC=C(c2ccc([C@@H](O)[C@@H](CF)NC(=O)CCN(C)[C@H]3C[C@@H](C)O[C@@H](O)C3)cc2)CC1. The van der Waals surface area contributed by atoms with Gasteiger partial charge in [-0.15, -0.1) is 0 Å². The molecule has 1 aromatic rings. The van der Waals surface area contributed by atoms with Crippen LogP contribution in [0.4, 0.5) is 4.39 Å². The van der Waals surface area contributed by atoms with Crippen molar-refractivity contribution < 1.29 is 28.9 Å². The quantitative estimate of drug-likeness (QED) is 0.489. The number of amides is 2. The Morgan fingerprint density at radius 2 is 2.00 bits per heavy atom. The Morgan fingerprint density at radius 3 is 2.57 bits per heavy atom. The number of halogens is 1. The first-order valence-electron chi connectivity index (χ1n) is 12.3. The van der Waals surface area contributed by atoms with Gasteiger partial charge in [0.25, 0.3) is 0 Å². The molecule has 2 aliphatic rings. The molecule has 0 radical (unpaired) electrons. The van der Waals surface area contributed by atoms with Gasteiger partial charge in [0.1, 0.15) is 12.8 Å². The van der Waals surface area contributed by atoms with Crippen LogP contribution in [0.25, 0.3) is 5.57 Å². The molecule has 1 aromatic carbocycles. The molecule has 3 rings (SSSR count). The summed E-state index contributed by atoms with van der Waals surface area (Å²) in [4.78, 5) is 27.8. The van der Waals surface area contributed by atoms with Crippen LogP contribution >= 0.6 is 0 Å². The molecule has 35 heavy (non-hydrogen) atoms. The number of nitrogens with zero attached hydrogens (tertiary/aromatic N) is 2. The van der Waals surface area contributed by atoms with Crippen LogP contribution in [0.2, 0.25) is 0 Å². The van der Waals surface area contributed by atoms with E-state index >= 15 is 0 Å². The summed E-state index contributed by atoms with van der Waals surface area (Å²) in [6, 6.07) is 6.32. The number of aliphatic hydroxyl groups excluding tert-OH is 2. The second-order valence-corrected chi connectivity index (χ2v) is 9.60. The zero-order chi connectivity index (χ0) is 25.5. The van der Waals surface area contributed by atoms with E-state index in [4.69, 9.17) is 4.74 Å². The zero-order valence-corrected chi connectivity index (χ0v) is 20.8. The van der Waals surface area contributed by atoms with Crippen molar-refractivity contribution in [1.29, 1.82) is 0 Å². The average molecular weight is 492 g/mol. The van der Waals surface area contributed by atoms with Crippen LogP contribution in [0.15, 0.2) is 30.3 Å². The van der Waals surface area contributed by atoms with E-state index in [0.717, 1.165) is 24.0 Å². The predicted molar refractivity (Wildman–Crippen MR) is 131 cm³/mol. The van der Waals surface area contributed by atoms with Gasteiger partial charge in [0.05, 0.1) is 12.1 Å². The number of nitrogens with one attached hydrogen (secondary N) is 1. The lowest BCUT2D eigenvalue weighted by molar-refractivity contribution is -0.173. The summed E-state index contributed by atoms with van der Waals surface area (Å²) in [6.45, 7) is 4.28. The largest absolute Gasteiger partial charge is 0.386 e. The van der Waals surface area contributed by atoms with Gasteiger partial charge >= 0.3 is 0 Å². The topological polar surface area (TPSA) is 102 Å². The van der Waals surface area contributed by atoms with E-state index in [1.54, 1.807) is 24.0 Å². The third-order valence-electron chi connectivity index (χ3n) is 6.95. The summed E-state index contributed by atoms with van der Waals surface area (Å²) >= 11 is 0. The standard InChI is InChI=1S/C26H38FN3O5/c1-17-14-22(15-25(33)35-17)29(3)11-10-24(32)28-23(16-27)26(34)21-6-4-19(5-7-21)20-8-12-30(13-9-20)18(2)31/h4-8,17,22-23,25-26,33-34H,9-16H2,1-3H3,(H,28,32)/t17-,22+,23-,25-,26-/m1/s1. The lowest BCUT2D eigenvalue weighted by atomic mass is 9.96. The van der Waals surface area contributed by atoms with Crippen molar-refractivity contribution in [2.75, 3.05) is 33.4 Å². The Morgan fingerprint density at radius 1 is 1.29 bits per heavy atom. The van der Waals surface area contributed by atoms with Gasteiger partial charge in [-0.3, -0.25) is 9.59 Å². The molecule has 5 atom stereocenters. The van der Waals surface area contributed by atoms with Gasteiger partial charge < -0.3 is 30.1 Å². The highest BCUT2D eigenvalue weighted by atomic mass is 19.1. The Bertz CT molecular complexity index is 883. The maximum atomic E-state index is 13.7. The highest BCUT2D eigenvalue weighted by Gasteiger charge is 2.29. The molecule has 194 valence electrons. The summed E-state index contributed by atoms with van der Waals surface area (Å²) in [7, 11) is 1.89. The molecule has 1 saturated heterocycles. The van der Waals surface area contributed by atoms with Gasteiger partial charge in [0.2, 0.25) is 11.8 Å². The van der Waals surface area contributed by atoms with E-state index < -0.39 is 25.1 Å². The first kappa shape index (κ1) is 27.3. The van der Waals surface area contributed by atoms with Crippen LogP contribution in [0, 0.1) is 0 Å². The van der Waals surface area contributed by atoms with Crippen molar-refractivity contribution in [3.05, 3.63) is 41.5 Å². The third kappa shape index (κ3) is 7.57. The van der Waals surface area contributed by atoms with Crippen LogP contribution in [0.5, 0.6) is 0 Å². The Labute approximate surface area is 206 Å². The van der Waals surface area contributed by atoms with Gasteiger partial charge in [-0.25, -0.2) is 4.39 Å². The molecule has 2 amide bonds. The molecule has 9 heteroatoms. The van der Waals surface area contributed by atoms with Crippen molar-refractivity contribution in [1.82, 2.24) is 15.1 Å². The van der Waals surface area contributed by atoms with Gasteiger partial charge in [0, 0.05) is 45.4 Å². The maximum absolute atomic E-state index is 13.7. The van der Waals surface area contributed by atoms with E-state index in [2.05, 4.69) is 5.32 Å². The van der Waals surface area contributed by atoms with Crippen molar-refractivity contribution in [2.24, 2.45) is 0 Å². The summed E-state index contributed by atoms with van der Waals surface area (Å²) in [5.41, 5.74) is 2.66. The fourth-order valence-corrected chi connectivity index (χ4v) is 4.74. The Kier molecular flexibility index (Phi) is 9.80. The molecule has 8 nitrogen and oxygen atoms in total. The van der Waals surface area contributed by atoms with Gasteiger partial charge in [-0.2, -0.15) is 0 Å². The van der Waals surface area contributed by atoms with Crippen molar-refractivity contribution in [3.8, 4) is 0 Å². The molecular formula is C26H38FN3O5. The Balaban J connectivity index is 1.51. The van der Waals surface area contributed by atoms with E-state index in [1.807, 2.05) is 37.1 Å². The number of hydrogen-bond acceptors (Lipinski definition) is 6. The smallest absolute Gasteiger partial charge is 0.221 e. The minimum absolute atomic E-state index is 0.0536. The normalized spacial score (nSPS) is 24.6. The molecule has 2 aliphatic heterocycles. The second-order valence-electron chi connectivity index (χ2n) is 9.60. The molecule has 1 fully saturated rings. The molecule has 0 bridgehead atoms. The highest BCUT2D eigenvalue weighted by molar-refractivity contribution is 5.77. The number of alkyl halides is 1. The monoisotopic (exact) mass is 491 g/mol. The fourth-order valence-electron chi connectivity index (χ4n) is 4.74. The number of hydrogen-bond donors (Lipinski definition) is 3. The highest BCUT2D eigenvalue weighted by Crippen LogP contribution is 2.26. The fraction of sp³-hybridized carbons (Fsp3) is 0.615. The molecule has 3 N–H and O–H groups in total. The minimum atomic E-state index is -1.17. The minimum Gasteiger partial charge on any atom is -0.386 e. The van der Waals surface area contributed by atoms with Crippen LogP contribution in [0.1, 0.15) is 56.8 Å². The molecule has 2 heterocycles. The van der Waals surface area contributed by atoms with Crippen LogP contribution in [-0.2, 0) is 14.3 Å². The van der Waals surface area contributed by atoms with Crippen molar-refractivity contribution >= 4 is 17.4 Å². The van der Waals surface area contributed by atoms with E-state index in [0.29, 0.717) is 31.6 Å². The van der Waals surface area contributed by atoms with Gasteiger partial charge in [-0.1, -0.05) is 30.3 Å².